The van der Waals surface area contributed by atoms with Crippen LogP contribution >= 0.6 is 0 Å². The molecule has 2 rings (SSSR count). The van der Waals surface area contributed by atoms with Crippen molar-refractivity contribution in [3.8, 4) is 0 Å². The van der Waals surface area contributed by atoms with Gasteiger partial charge in [-0.15, -0.1) is 0 Å². The maximum atomic E-state index is 11.7. The lowest BCUT2D eigenvalue weighted by atomic mass is 10.1. The maximum absolute atomic E-state index is 11.7. The second kappa shape index (κ2) is 9.29. The highest BCUT2D eigenvalue weighted by Gasteiger charge is 2.09. The van der Waals surface area contributed by atoms with E-state index in [1.807, 2.05) is 31.2 Å². The Labute approximate surface area is 158 Å². The molecule has 2 aromatic rings. The van der Waals surface area contributed by atoms with Crippen molar-refractivity contribution in [1.29, 1.82) is 0 Å². The summed E-state index contributed by atoms with van der Waals surface area (Å²) in [6.45, 7) is 1.96. The van der Waals surface area contributed by atoms with Gasteiger partial charge in [-0.3, -0.25) is 9.59 Å². The van der Waals surface area contributed by atoms with Crippen LogP contribution in [0, 0.1) is 6.92 Å². The molecule has 1 amide bonds. The van der Waals surface area contributed by atoms with Crippen LogP contribution in [0.15, 0.2) is 53.4 Å². The number of nitrogens with two attached hydrogens (primary N) is 1. The normalized spacial score (nSPS) is 11.0. The molecule has 7 nitrogen and oxygen atoms in total. The molecule has 0 unspecified atom stereocenters. The minimum absolute atomic E-state index is 0.0378. The highest BCUT2D eigenvalue weighted by Crippen LogP contribution is 2.09. The summed E-state index contributed by atoms with van der Waals surface area (Å²) in [5.74, 6) is -0.860. The highest BCUT2D eigenvalue weighted by atomic mass is 32.2. The number of sulfonamides is 1. The molecule has 144 valence electrons. The van der Waals surface area contributed by atoms with Gasteiger partial charge in [-0.1, -0.05) is 42.0 Å². The minimum atomic E-state index is -3.71. The Bertz CT molecular complexity index is 891. The fourth-order valence-electron chi connectivity index (χ4n) is 2.31. The number of ether oxygens (including phenoxy) is 1. The van der Waals surface area contributed by atoms with Crippen LogP contribution in [0.1, 0.15) is 16.7 Å². The van der Waals surface area contributed by atoms with Gasteiger partial charge in [0.25, 0.3) is 5.91 Å². The molecule has 0 heterocycles. The highest BCUT2D eigenvalue weighted by molar-refractivity contribution is 7.89. The summed E-state index contributed by atoms with van der Waals surface area (Å²) in [5, 5.41) is 7.68. The topological polar surface area (TPSA) is 116 Å². The fraction of sp³-hybridized carbons (Fsp3) is 0.263. The molecule has 3 N–H and O–H groups in total. The number of hydrogen-bond donors (Lipinski definition) is 2. The summed E-state index contributed by atoms with van der Waals surface area (Å²) >= 11 is 0. The largest absolute Gasteiger partial charge is 0.455 e. The van der Waals surface area contributed by atoms with E-state index in [4.69, 9.17) is 9.88 Å². The lowest BCUT2D eigenvalue weighted by Gasteiger charge is -2.07. The first-order valence-corrected chi connectivity index (χ1v) is 9.88. The Kier molecular flexibility index (Phi) is 7.09. The van der Waals surface area contributed by atoms with Crippen LogP contribution in [-0.4, -0.2) is 33.4 Å². The number of esters is 1. The van der Waals surface area contributed by atoms with E-state index in [1.54, 1.807) is 12.1 Å². The molecule has 0 bridgehead atoms. The Morgan fingerprint density at radius 2 is 1.59 bits per heavy atom. The van der Waals surface area contributed by atoms with E-state index in [-0.39, 0.29) is 17.9 Å². The van der Waals surface area contributed by atoms with E-state index >= 15 is 0 Å². The third kappa shape index (κ3) is 7.20. The van der Waals surface area contributed by atoms with Crippen LogP contribution in [-0.2, 0) is 37.2 Å². The first-order chi connectivity index (χ1) is 12.7. The molecule has 0 saturated carbocycles. The zero-order valence-corrected chi connectivity index (χ0v) is 15.8. The number of carbonyl (C=O) groups is 2. The average Bonchev–Trinajstić information content (AvgIpc) is 2.62. The zero-order valence-electron chi connectivity index (χ0n) is 15.0. The Hall–Kier alpha value is -2.71. The van der Waals surface area contributed by atoms with E-state index in [0.29, 0.717) is 13.0 Å². The van der Waals surface area contributed by atoms with Gasteiger partial charge in [0.05, 0.1) is 11.3 Å². The molecule has 0 aromatic heterocycles. The quantitative estimate of drug-likeness (QED) is 0.655. The Morgan fingerprint density at radius 3 is 2.19 bits per heavy atom. The first kappa shape index (κ1) is 20.6. The second-order valence-corrected chi connectivity index (χ2v) is 7.67. The molecular weight excluding hydrogens is 368 g/mol. The van der Waals surface area contributed by atoms with Gasteiger partial charge in [0.15, 0.2) is 6.61 Å². The second-order valence-electron chi connectivity index (χ2n) is 6.11. The molecule has 8 heteroatoms. The zero-order chi connectivity index (χ0) is 19.9. The first-order valence-electron chi connectivity index (χ1n) is 8.33. The fourth-order valence-corrected chi connectivity index (χ4v) is 2.83. The Morgan fingerprint density at radius 1 is 1.00 bits per heavy atom. The minimum Gasteiger partial charge on any atom is -0.455 e. The molecule has 0 aliphatic heterocycles. The number of rotatable bonds is 8. The van der Waals surface area contributed by atoms with Crippen molar-refractivity contribution < 1.29 is 22.7 Å². The number of nitrogens with one attached hydrogen (secondary N) is 1. The Balaban J connectivity index is 1.68. The van der Waals surface area contributed by atoms with Gasteiger partial charge in [0.2, 0.25) is 10.0 Å². The summed E-state index contributed by atoms with van der Waals surface area (Å²) < 4.78 is 27.3. The number of carbonyl (C=O) groups excluding carboxylic acids is 2. The van der Waals surface area contributed by atoms with Crippen molar-refractivity contribution in [1.82, 2.24) is 5.32 Å². The van der Waals surface area contributed by atoms with E-state index in [0.717, 1.165) is 16.7 Å². The monoisotopic (exact) mass is 390 g/mol. The average molecular weight is 390 g/mol. The molecule has 2 aromatic carbocycles. The van der Waals surface area contributed by atoms with Gasteiger partial charge in [0.1, 0.15) is 0 Å². The van der Waals surface area contributed by atoms with Crippen LogP contribution in [0.2, 0.25) is 0 Å². The third-order valence-electron chi connectivity index (χ3n) is 3.82. The van der Waals surface area contributed by atoms with Crippen molar-refractivity contribution in [2.45, 2.75) is 24.7 Å². The molecule has 0 atom stereocenters. The van der Waals surface area contributed by atoms with Gasteiger partial charge < -0.3 is 10.1 Å². The molecular formula is C19H22N2O5S. The predicted molar refractivity (Wildman–Crippen MR) is 100 cm³/mol. The molecule has 0 aliphatic rings. The van der Waals surface area contributed by atoms with Crippen molar-refractivity contribution in [3.63, 3.8) is 0 Å². The number of hydrogen-bond acceptors (Lipinski definition) is 5. The van der Waals surface area contributed by atoms with Crippen LogP contribution < -0.4 is 10.5 Å². The lowest BCUT2D eigenvalue weighted by Crippen LogP contribution is -2.30. The van der Waals surface area contributed by atoms with Gasteiger partial charge in [-0.2, -0.15) is 0 Å². The summed E-state index contributed by atoms with van der Waals surface area (Å²) in [4.78, 5) is 23.5. The van der Waals surface area contributed by atoms with Crippen LogP contribution in [0.25, 0.3) is 0 Å². The molecule has 0 aliphatic carbocycles. The van der Waals surface area contributed by atoms with Crippen LogP contribution in [0.4, 0.5) is 0 Å². The smallest absolute Gasteiger partial charge is 0.310 e. The summed E-state index contributed by atoms with van der Waals surface area (Å²) in [6.07, 6.45) is 0.623. The van der Waals surface area contributed by atoms with E-state index in [1.165, 1.54) is 12.1 Å². The SMILES string of the molecule is Cc1ccc(CC(=O)OCC(=O)NCCc2ccc(S(N)(=O)=O)cc2)cc1. The van der Waals surface area contributed by atoms with E-state index < -0.39 is 21.9 Å². The molecule has 0 spiro atoms. The van der Waals surface area contributed by atoms with Gasteiger partial charge in [-0.05, 0) is 36.6 Å². The number of amides is 1. The summed E-state index contributed by atoms with van der Waals surface area (Å²) in [7, 11) is -3.71. The van der Waals surface area contributed by atoms with Gasteiger partial charge in [0, 0.05) is 6.54 Å². The summed E-state index contributed by atoms with van der Waals surface area (Å²) in [5.41, 5.74) is 2.78. The molecule has 0 radical (unpaired) electrons. The molecule has 0 saturated heterocycles. The predicted octanol–water partition coefficient (Wildman–Crippen LogP) is 1.09. The standard InChI is InChI=1S/C19H22N2O5S/c1-14-2-4-16(5-3-14)12-19(23)26-13-18(22)21-11-10-15-6-8-17(9-7-15)27(20,24)25/h2-9H,10-13H2,1H3,(H,21,22)(H2,20,24,25). The maximum Gasteiger partial charge on any atom is 0.310 e. The molecule has 27 heavy (non-hydrogen) atoms. The molecule has 0 fully saturated rings. The van der Waals surface area contributed by atoms with Crippen LogP contribution in [0.3, 0.4) is 0 Å². The number of aryl methyl sites for hydroxylation is 1. The van der Waals surface area contributed by atoms with Crippen molar-refractivity contribution in [2.75, 3.05) is 13.2 Å². The number of primary sulfonamides is 1. The number of benzene rings is 2. The third-order valence-corrected chi connectivity index (χ3v) is 4.75. The van der Waals surface area contributed by atoms with Crippen molar-refractivity contribution >= 4 is 21.9 Å². The van der Waals surface area contributed by atoms with Gasteiger partial charge in [-0.25, -0.2) is 13.6 Å². The van der Waals surface area contributed by atoms with Crippen LogP contribution in [0.5, 0.6) is 0 Å². The van der Waals surface area contributed by atoms with E-state index in [2.05, 4.69) is 5.32 Å². The van der Waals surface area contributed by atoms with E-state index in [9.17, 15) is 18.0 Å². The summed E-state index contributed by atoms with van der Waals surface area (Å²) in [6, 6.07) is 13.6. The lowest BCUT2D eigenvalue weighted by molar-refractivity contribution is -0.147. The van der Waals surface area contributed by atoms with Crippen molar-refractivity contribution in [2.24, 2.45) is 5.14 Å². The van der Waals surface area contributed by atoms with Crippen molar-refractivity contribution in [3.05, 3.63) is 65.2 Å². The van der Waals surface area contributed by atoms with Gasteiger partial charge >= 0.3 is 5.97 Å².